The van der Waals surface area contributed by atoms with E-state index in [1.54, 1.807) is 30.5 Å². The van der Waals surface area contributed by atoms with E-state index in [0.717, 1.165) is 5.56 Å². The molecule has 37 heavy (non-hydrogen) atoms. The predicted octanol–water partition coefficient (Wildman–Crippen LogP) is 4.48. The van der Waals surface area contributed by atoms with Crippen LogP contribution in [0.5, 0.6) is 0 Å². The highest BCUT2D eigenvalue weighted by Gasteiger charge is 2.37. The van der Waals surface area contributed by atoms with Crippen molar-refractivity contribution in [3.05, 3.63) is 65.4 Å². The highest BCUT2D eigenvalue weighted by atomic mass is 32.2. The number of nitrogens with zero attached hydrogens (tertiary/aromatic N) is 1. The van der Waals surface area contributed by atoms with Crippen molar-refractivity contribution in [1.82, 2.24) is 4.57 Å². The van der Waals surface area contributed by atoms with Crippen LogP contribution in [0.3, 0.4) is 0 Å². The van der Waals surface area contributed by atoms with Crippen molar-refractivity contribution in [3.8, 4) is 0 Å². The van der Waals surface area contributed by atoms with Gasteiger partial charge in [-0.2, -0.15) is 13.2 Å². The number of halogens is 3. The maximum atomic E-state index is 13.0. The molecular weight excluding hydrogens is 513 g/mol. The summed E-state index contributed by atoms with van der Waals surface area (Å²) in [5, 5.41) is 0.254. The van der Waals surface area contributed by atoms with Gasteiger partial charge in [0.1, 0.15) is 5.69 Å². The van der Waals surface area contributed by atoms with Gasteiger partial charge in [-0.15, -0.1) is 0 Å². The molecule has 1 fully saturated rings. The molecule has 4 rings (SSSR count). The summed E-state index contributed by atoms with van der Waals surface area (Å²) in [5.41, 5.74) is 1.72. The number of benzene rings is 2. The second kappa shape index (κ2) is 10.3. The van der Waals surface area contributed by atoms with Gasteiger partial charge in [-0.05, 0) is 37.1 Å². The summed E-state index contributed by atoms with van der Waals surface area (Å²) in [6.07, 6.45) is -4.88. The molecule has 0 radical (unpaired) electrons. The molecule has 0 amide bonds. The third kappa shape index (κ3) is 6.43. The van der Waals surface area contributed by atoms with E-state index in [1.807, 2.05) is 30.3 Å². The average molecular weight is 541 g/mol. The lowest BCUT2D eigenvalue weighted by Gasteiger charge is -2.24. The summed E-state index contributed by atoms with van der Waals surface area (Å²) in [5.74, 6) is -3.79. The summed E-state index contributed by atoms with van der Waals surface area (Å²) < 4.78 is 84.5. The monoisotopic (exact) mass is 540 g/mol. The largest absolute Gasteiger partial charge is 0.461 e. The van der Waals surface area contributed by atoms with E-state index in [4.69, 9.17) is 14.2 Å². The summed E-state index contributed by atoms with van der Waals surface area (Å²) >= 11 is 0. The third-order valence-corrected chi connectivity index (χ3v) is 7.08. The fraction of sp³-hybridized carbons (Fsp3) is 0.400. The fourth-order valence-electron chi connectivity index (χ4n) is 4.37. The van der Waals surface area contributed by atoms with Crippen molar-refractivity contribution in [2.45, 2.75) is 38.8 Å². The van der Waals surface area contributed by atoms with Gasteiger partial charge in [0.25, 0.3) is 0 Å². The average Bonchev–Trinajstić information content (AvgIpc) is 3.39. The van der Waals surface area contributed by atoms with E-state index in [2.05, 4.69) is 4.72 Å². The fourth-order valence-corrected chi connectivity index (χ4v) is 5.42. The SMILES string of the molecule is CCOC(=O)c1cc2c(NS(=O)(=O)CC(F)(F)F)c(CC3(C)OCCO3)ccc2n1Cc1ccccc1. The van der Waals surface area contributed by atoms with Gasteiger partial charge in [0.05, 0.1) is 31.0 Å². The molecule has 3 aromatic rings. The second-order valence-corrected chi connectivity index (χ2v) is 10.6. The van der Waals surface area contributed by atoms with E-state index < -0.39 is 33.7 Å². The molecule has 1 saturated heterocycles. The number of esters is 1. The molecule has 2 heterocycles. The Hall–Kier alpha value is -3.09. The molecule has 0 atom stereocenters. The van der Waals surface area contributed by atoms with Crippen molar-refractivity contribution in [2.24, 2.45) is 0 Å². The minimum Gasteiger partial charge on any atom is -0.461 e. The Kier molecular flexibility index (Phi) is 7.54. The Bertz CT molecular complexity index is 1380. The molecule has 1 aliphatic rings. The van der Waals surface area contributed by atoms with Crippen LogP contribution in [-0.4, -0.2) is 56.5 Å². The van der Waals surface area contributed by atoms with Gasteiger partial charge in [0.2, 0.25) is 10.0 Å². The number of aromatic nitrogens is 1. The smallest absolute Gasteiger partial charge is 0.404 e. The highest BCUT2D eigenvalue weighted by Crippen LogP contribution is 2.36. The number of ether oxygens (including phenoxy) is 3. The van der Waals surface area contributed by atoms with Gasteiger partial charge >= 0.3 is 12.1 Å². The molecule has 0 saturated carbocycles. The van der Waals surface area contributed by atoms with Crippen LogP contribution in [0.1, 0.15) is 35.5 Å². The molecule has 2 aromatic carbocycles. The van der Waals surface area contributed by atoms with Crippen LogP contribution < -0.4 is 4.72 Å². The van der Waals surface area contributed by atoms with Crippen LogP contribution in [0.25, 0.3) is 10.9 Å². The van der Waals surface area contributed by atoms with Crippen LogP contribution in [0.15, 0.2) is 48.5 Å². The van der Waals surface area contributed by atoms with E-state index in [9.17, 15) is 26.4 Å². The van der Waals surface area contributed by atoms with Gasteiger partial charge in [-0.3, -0.25) is 4.72 Å². The topological polar surface area (TPSA) is 95.9 Å². The number of sulfonamides is 1. The van der Waals surface area contributed by atoms with E-state index in [0.29, 0.717) is 24.3 Å². The van der Waals surface area contributed by atoms with Crippen LogP contribution in [0.4, 0.5) is 18.9 Å². The Labute approximate surface area is 212 Å². The Morgan fingerprint density at radius 3 is 2.43 bits per heavy atom. The quantitative estimate of drug-likeness (QED) is 0.403. The van der Waals surface area contributed by atoms with Gasteiger partial charge < -0.3 is 18.8 Å². The first-order chi connectivity index (χ1) is 17.4. The number of hydrogen-bond acceptors (Lipinski definition) is 6. The number of carbonyl (C=O) groups excluding carboxylic acids is 1. The van der Waals surface area contributed by atoms with Crippen molar-refractivity contribution in [3.63, 3.8) is 0 Å². The Balaban J connectivity index is 1.89. The molecule has 200 valence electrons. The first-order valence-corrected chi connectivity index (χ1v) is 13.3. The normalized spacial score (nSPS) is 15.7. The molecule has 0 unspecified atom stereocenters. The van der Waals surface area contributed by atoms with E-state index >= 15 is 0 Å². The zero-order chi connectivity index (χ0) is 26.8. The molecule has 8 nitrogen and oxygen atoms in total. The van der Waals surface area contributed by atoms with Crippen LogP contribution >= 0.6 is 0 Å². The third-order valence-electron chi connectivity index (χ3n) is 5.86. The summed E-state index contributed by atoms with van der Waals surface area (Å²) in [4.78, 5) is 12.9. The number of nitrogens with one attached hydrogen (secondary N) is 1. The number of fused-ring (bicyclic) bond motifs is 1. The van der Waals surface area contributed by atoms with Crippen LogP contribution in [0, 0.1) is 0 Å². The van der Waals surface area contributed by atoms with Crippen molar-refractivity contribution >= 4 is 32.6 Å². The lowest BCUT2D eigenvalue weighted by atomic mass is 10.0. The zero-order valence-electron chi connectivity index (χ0n) is 20.3. The molecule has 1 aromatic heterocycles. The molecule has 0 spiro atoms. The molecule has 0 aliphatic carbocycles. The molecule has 0 bridgehead atoms. The number of anilines is 1. The minimum atomic E-state index is -4.95. The first kappa shape index (κ1) is 27.0. The van der Waals surface area contributed by atoms with Gasteiger partial charge in [0.15, 0.2) is 11.5 Å². The number of hydrogen-bond donors (Lipinski definition) is 1. The standard InChI is InChI=1S/C25H27F3N2O6S/c1-3-34-23(31)21-13-19-20(30(21)15-17-7-5-4-6-8-17)10-9-18(14-24(2)35-11-12-36-24)22(19)29-37(32,33)16-25(26,27)28/h4-10,13,29H,3,11-12,14-16H2,1-2H3. The molecule has 1 aliphatic heterocycles. The van der Waals surface area contributed by atoms with E-state index in [1.165, 1.54) is 6.07 Å². The first-order valence-electron chi connectivity index (χ1n) is 11.6. The predicted molar refractivity (Wildman–Crippen MR) is 131 cm³/mol. The minimum absolute atomic E-state index is 0.0609. The maximum Gasteiger partial charge on any atom is 0.404 e. The summed E-state index contributed by atoms with van der Waals surface area (Å²) in [7, 11) is -4.83. The number of rotatable bonds is 9. The van der Waals surface area contributed by atoms with E-state index in [-0.39, 0.29) is 36.3 Å². The van der Waals surface area contributed by atoms with Crippen molar-refractivity contribution in [2.75, 3.05) is 30.3 Å². The molecular formula is C25H27F3N2O6S. The van der Waals surface area contributed by atoms with Gasteiger partial charge in [-0.1, -0.05) is 36.4 Å². The Morgan fingerprint density at radius 2 is 1.81 bits per heavy atom. The number of alkyl halides is 3. The van der Waals surface area contributed by atoms with Gasteiger partial charge in [0, 0.05) is 18.4 Å². The summed E-state index contributed by atoms with van der Waals surface area (Å²) in [6.45, 7) is 4.33. The van der Waals surface area contributed by atoms with Crippen LogP contribution in [-0.2, 0) is 37.2 Å². The van der Waals surface area contributed by atoms with Gasteiger partial charge in [-0.25, -0.2) is 13.2 Å². The lowest BCUT2D eigenvalue weighted by Crippen LogP contribution is -2.31. The highest BCUT2D eigenvalue weighted by molar-refractivity contribution is 7.92. The summed E-state index contributed by atoms with van der Waals surface area (Å²) in [6, 6.07) is 14.0. The molecule has 12 heteroatoms. The lowest BCUT2D eigenvalue weighted by molar-refractivity contribution is -0.140. The zero-order valence-corrected chi connectivity index (χ0v) is 21.1. The van der Waals surface area contributed by atoms with Crippen LogP contribution in [0.2, 0.25) is 0 Å². The maximum absolute atomic E-state index is 13.0. The Morgan fingerprint density at radius 1 is 1.14 bits per heavy atom. The van der Waals surface area contributed by atoms with Crippen molar-refractivity contribution < 1.29 is 40.6 Å². The van der Waals surface area contributed by atoms with Crippen molar-refractivity contribution in [1.29, 1.82) is 0 Å². The number of carbonyl (C=O) groups is 1. The molecule has 1 N–H and O–H groups in total. The second-order valence-electron chi connectivity index (χ2n) is 8.84.